The lowest BCUT2D eigenvalue weighted by Crippen LogP contribution is -2.29. The first-order valence-electron chi connectivity index (χ1n) is 12.2. The molecule has 0 fully saturated rings. The van der Waals surface area contributed by atoms with Crippen LogP contribution in [-0.4, -0.2) is 52.8 Å². The molecule has 3 N–H and O–H groups in total. The molecule has 2 aromatic heterocycles. The van der Waals surface area contributed by atoms with Gasteiger partial charge >= 0.3 is 5.97 Å². The fourth-order valence-electron chi connectivity index (χ4n) is 4.09. The van der Waals surface area contributed by atoms with Gasteiger partial charge < -0.3 is 15.7 Å². The van der Waals surface area contributed by atoms with Crippen molar-refractivity contribution in [2.24, 2.45) is 0 Å². The molecule has 0 radical (unpaired) electrons. The zero-order chi connectivity index (χ0) is 24.4. The molecular formula is C24H35N5O4S. The Labute approximate surface area is 201 Å². The number of aliphatic carboxylic acids is 1. The molecule has 0 spiro atoms. The number of aromatic nitrogens is 3. The number of nitrogens with one attached hydrogen (secondary N) is 2. The van der Waals surface area contributed by atoms with Crippen molar-refractivity contribution in [3.8, 4) is 0 Å². The van der Waals surface area contributed by atoms with Gasteiger partial charge in [-0.15, -0.1) is 0 Å². The molecular weight excluding hydrogens is 454 g/mol. The van der Waals surface area contributed by atoms with Crippen LogP contribution in [-0.2, 0) is 27.5 Å². The van der Waals surface area contributed by atoms with Crippen LogP contribution in [0.4, 0.5) is 11.6 Å². The number of carbonyl (C=O) groups is 1. The Kier molecular flexibility index (Phi) is 9.62. The van der Waals surface area contributed by atoms with E-state index < -0.39 is 21.8 Å². The Hall–Kier alpha value is -2.75. The molecule has 1 aliphatic rings. The van der Waals surface area contributed by atoms with E-state index in [1.807, 2.05) is 0 Å². The van der Waals surface area contributed by atoms with Crippen LogP contribution in [0.1, 0.15) is 69.5 Å². The summed E-state index contributed by atoms with van der Waals surface area (Å²) in [6.07, 6.45) is 10.1. The first kappa shape index (κ1) is 25.9. The van der Waals surface area contributed by atoms with Crippen LogP contribution in [0, 0.1) is 0 Å². The molecule has 186 valence electrons. The highest BCUT2D eigenvalue weighted by Crippen LogP contribution is 2.21. The summed E-state index contributed by atoms with van der Waals surface area (Å²) >= 11 is 0. The van der Waals surface area contributed by atoms with Crippen molar-refractivity contribution in [3.05, 3.63) is 35.8 Å². The lowest BCUT2D eigenvalue weighted by Gasteiger charge is -2.17. The molecule has 0 aromatic carbocycles. The summed E-state index contributed by atoms with van der Waals surface area (Å²) in [5, 5.41) is 15.7. The standard InChI is InChI=1S/C24H35N5O4S/c1-2-15-34(32,33)22-16-21(26-17-27-22)29-20(24(30)31)11-7-5-3-4-6-10-19-13-12-18-9-8-14-25-23(18)28-19/h12-13,16-17,20H,2-11,14-15H2,1H3,(H,25,28)(H,30,31)(H,26,27,29). The molecule has 34 heavy (non-hydrogen) atoms. The van der Waals surface area contributed by atoms with Gasteiger partial charge in [0, 0.05) is 18.3 Å². The van der Waals surface area contributed by atoms with Crippen molar-refractivity contribution >= 4 is 27.4 Å². The van der Waals surface area contributed by atoms with Crippen molar-refractivity contribution in [2.75, 3.05) is 22.9 Å². The van der Waals surface area contributed by atoms with Gasteiger partial charge in [0.25, 0.3) is 0 Å². The number of fused-ring (bicyclic) bond motifs is 1. The fraction of sp³-hybridized carbons (Fsp3) is 0.583. The van der Waals surface area contributed by atoms with Crippen LogP contribution in [0.25, 0.3) is 0 Å². The summed E-state index contributed by atoms with van der Waals surface area (Å²) in [5.41, 5.74) is 2.42. The smallest absolute Gasteiger partial charge is 0.326 e. The molecule has 1 unspecified atom stereocenters. The predicted octanol–water partition coefficient (Wildman–Crippen LogP) is 3.86. The lowest BCUT2D eigenvalue weighted by atomic mass is 10.0. The van der Waals surface area contributed by atoms with Gasteiger partial charge in [0.15, 0.2) is 14.9 Å². The van der Waals surface area contributed by atoms with Gasteiger partial charge in [0.2, 0.25) is 0 Å². The van der Waals surface area contributed by atoms with E-state index in [1.165, 1.54) is 11.6 Å². The van der Waals surface area contributed by atoms with E-state index in [-0.39, 0.29) is 16.6 Å². The molecule has 0 saturated carbocycles. The highest BCUT2D eigenvalue weighted by Gasteiger charge is 2.20. The van der Waals surface area contributed by atoms with Crippen LogP contribution in [0.15, 0.2) is 29.6 Å². The van der Waals surface area contributed by atoms with Crippen LogP contribution >= 0.6 is 0 Å². The minimum Gasteiger partial charge on any atom is -0.480 e. The Morgan fingerprint density at radius 2 is 1.97 bits per heavy atom. The van der Waals surface area contributed by atoms with Crippen LogP contribution in [0.5, 0.6) is 0 Å². The highest BCUT2D eigenvalue weighted by atomic mass is 32.2. The third-order valence-corrected chi connectivity index (χ3v) is 7.74. The average molecular weight is 490 g/mol. The molecule has 0 amide bonds. The summed E-state index contributed by atoms with van der Waals surface area (Å²) < 4.78 is 24.4. The van der Waals surface area contributed by atoms with E-state index in [4.69, 9.17) is 4.98 Å². The van der Waals surface area contributed by atoms with E-state index in [2.05, 4.69) is 32.7 Å². The molecule has 10 heteroatoms. The number of pyridine rings is 1. The number of hydrogen-bond donors (Lipinski definition) is 3. The van der Waals surface area contributed by atoms with Gasteiger partial charge in [0.05, 0.1) is 5.75 Å². The first-order chi connectivity index (χ1) is 16.4. The van der Waals surface area contributed by atoms with Crippen molar-refractivity contribution in [1.82, 2.24) is 15.0 Å². The largest absolute Gasteiger partial charge is 0.480 e. The van der Waals surface area contributed by atoms with Crippen molar-refractivity contribution in [1.29, 1.82) is 0 Å². The third kappa shape index (κ3) is 7.65. The first-order valence-corrected chi connectivity index (χ1v) is 13.8. The number of anilines is 2. The predicted molar refractivity (Wildman–Crippen MR) is 132 cm³/mol. The quantitative estimate of drug-likeness (QED) is 0.267. The molecule has 9 nitrogen and oxygen atoms in total. The van der Waals surface area contributed by atoms with Gasteiger partial charge in [-0.3, -0.25) is 0 Å². The molecule has 3 rings (SSSR count). The maximum absolute atomic E-state index is 12.2. The number of hydrogen-bond acceptors (Lipinski definition) is 8. The zero-order valence-corrected chi connectivity index (χ0v) is 20.6. The average Bonchev–Trinajstić information content (AvgIpc) is 2.82. The highest BCUT2D eigenvalue weighted by molar-refractivity contribution is 7.91. The fourth-order valence-corrected chi connectivity index (χ4v) is 5.34. The number of aryl methyl sites for hydroxylation is 2. The Balaban J connectivity index is 1.39. The van der Waals surface area contributed by atoms with Crippen LogP contribution < -0.4 is 10.6 Å². The lowest BCUT2D eigenvalue weighted by molar-refractivity contribution is -0.138. The second-order valence-corrected chi connectivity index (χ2v) is 10.8. The normalized spacial score (nSPS) is 14.1. The van der Waals surface area contributed by atoms with Gasteiger partial charge in [-0.25, -0.2) is 28.2 Å². The summed E-state index contributed by atoms with van der Waals surface area (Å²) in [6.45, 7) is 2.77. The molecule has 1 atom stereocenters. The molecule has 0 aliphatic carbocycles. The second kappa shape index (κ2) is 12.6. The summed E-state index contributed by atoms with van der Waals surface area (Å²) in [5.74, 6) is 0.258. The Morgan fingerprint density at radius 3 is 2.76 bits per heavy atom. The van der Waals surface area contributed by atoms with Gasteiger partial charge in [0.1, 0.15) is 24.0 Å². The van der Waals surface area contributed by atoms with E-state index in [1.54, 1.807) is 6.92 Å². The monoisotopic (exact) mass is 489 g/mol. The topological polar surface area (TPSA) is 134 Å². The molecule has 1 aliphatic heterocycles. The van der Waals surface area contributed by atoms with E-state index in [0.717, 1.165) is 75.8 Å². The van der Waals surface area contributed by atoms with Gasteiger partial charge in [-0.05, 0) is 50.2 Å². The third-order valence-electron chi connectivity index (χ3n) is 5.93. The number of carboxylic acids is 1. The zero-order valence-electron chi connectivity index (χ0n) is 19.8. The van der Waals surface area contributed by atoms with Crippen LogP contribution in [0.3, 0.4) is 0 Å². The number of carboxylic acid groups (broad SMARTS) is 1. The number of unbranched alkanes of at least 4 members (excludes halogenated alkanes) is 4. The van der Waals surface area contributed by atoms with Crippen molar-refractivity contribution < 1.29 is 18.3 Å². The SMILES string of the molecule is CCCS(=O)(=O)c1cc(NC(CCCCCCCc2ccc3c(n2)NCCC3)C(=O)O)ncn1. The number of nitrogens with zero attached hydrogens (tertiary/aromatic N) is 3. The Bertz CT molecular complexity index is 1060. The van der Waals surface area contributed by atoms with Gasteiger partial charge in [-0.2, -0.15) is 0 Å². The van der Waals surface area contributed by atoms with Crippen LogP contribution in [0.2, 0.25) is 0 Å². The molecule has 3 heterocycles. The summed E-state index contributed by atoms with van der Waals surface area (Å²) in [6, 6.07) is 4.79. The summed E-state index contributed by atoms with van der Waals surface area (Å²) in [4.78, 5) is 24.2. The number of rotatable bonds is 14. The minimum absolute atomic E-state index is 0.00869. The maximum atomic E-state index is 12.2. The van der Waals surface area contributed by atoms with E-state index >= 15 is 0 Å². The molecule has 0 bridgehead atoms. The minimum atomic E-state index is -3.49. The molecule has 0 saturated heterocycles. The van der Waals surface area contributed by atoms with Crippen molar-refractivity contribution in [3.63, 3.8) is 0 Å². The summed E-state index contributed by atoms with van der Waals surface area (Å²) in [7, 11) is -3.49. The second-order valence-electron chi connectivity index (χ2n) is 8.74. The van der Waals surface area contributed by atoms with Gasteiger partial charge in [-0.1, -0.05) is 38.7 Å². The molecule has 2 aromatic rings. The maximum Gasteiger partial charge on any atom is 0.326 e. The number of sulfone groups is 1. The Morgan fingerprint density at radius 1 is 1.18 bits per heavy atom. The van der Waals surface area contributed by atoms with E-state index in [0.29, 0.717) is 12.8 Å². The van der Waals surface area contributed by atoms with E-state index in [9.17, 15) is 18.3 Å². The van der Waals surface area contributed by atoms with Crippen molar-refractivity contribution in [2.45, 2.75) is 82.2 Å².